The Hall–Kier alpha value is -2.94. The van der Waals surface area contributed by atoms with Gasteiger partial charge in [-0.3, -0.25) is 9.98 Å². The van der Waals surface area contributed by atoms with E-state index >= 15 is 0 Å². The van der Waals surface area contributed by atoms with Crippen molar-refractivity contribution in [3.8, 4) is 17.0 Å². The first kappa shape index (κ1) is 19.8. The fraction of sp³-hybridized carbons (Fsp3) is 0.280. The molecule has 0 unspecified atom stereocenters. The highest BCUT2D eigenvalue weighted by Gasteiger charge is 2.16. The average Bonchev–Trinajstić information content (AvgIpc) is 2.68. The molecule has 0 atom stereocenters. The van der Waals surface area contributed by atoms with Gasteiger partial charge in [-0.05, 0) is 54.2 Å². The Morgan fingerprint density at radius 2 is 1.50 bits per heavy atom. The number of para-hydroxylation sites is 2. The van der Waals surface area contributed by atoms with E-state index in [0.717, 1.165) is 22.7 Å². The van der Waals surface area contributed by atoms with Crippen LogP contribution < -0.4 is 0 Å². The van der Waals surface area contributed by atoms with Gasteiger partial charge in [-0.25, -0.2) is 0 Å². The molecule has 0 saturated heterocycles. The number of nitrogens with zero attached hydrogens (tertiary/aromatic N) is 2. The van der Waals surface area contributed by atoms with Crippen molar-refractivity contribution in [2.45, 2.75) is 46.5 Å². The normalized spacial score (nSPS) is 12.0. The molecule has 3 aromatic rings. The second kappa shape index (κ2) is 8.39. The molecule has 3 rings (SSSR count). The third-order valence-corrected chi connectivity index (χ3v) is 4.99. The number of phenols is 1. The Morgan fingerprint density at radius 1 is 0.857 bits per heavy atom. The lowest BCUT2D eigenvalue weighted by atomic mass is 9.92. The van der Waals surface area contributed by atoms with Crippen molar-refractivity contribution < 1.29 is 5.11 Å². The molecule has 0 aliphatic carbocycles. The fourth-order valence-corrected chi connectivity index (χ4v) is 3.43. The molecule has 2 aromatic carbocycles. The van der Waals surface area contributed by atoms with Crippen LogP contribution in [0.4, 0.5) is 5.69 Å². The molecule has 0 fully saturated rings. The highest BCUT2D eigenvalue weighted by Crippen LogP contribution is 2.37. The molecular weight excluding hydrogens is 344 g/mol. The summed E-state index contributed by atoms with van der Waals surface area (Å²) in [6.45, 7) is 10.7. The van der Waals surface area contributed by atoms with Crippen LogP contribution in [0.2, 0.25) is 0 Å². The molecule has 144 valence electrons. The lowest BCUT2D eigenvalue weighted by Gasteiger charge is -2.17. The smallest absolute Gasteiger partial charge is 0.134 e. The van der Waals surface area contributed by atoms with Crippen LogP contribution in [0.5, 0.6) is 5.75 Å². The summed E-state index contributed by atoms with van der Waals surface area (Å²) in [5, 5.41) is 10.9. The van der Waals surface area contributed by atoms with Crippen molar-refractivity contribution in [2.75, 3.05) is 0 Å². The molecule has 28 heavy (non-hydrogen) atoms. The van der Waals surface area contributed by atoms with Crippen molar-refractivity contribution in [1.29, 1.82) is 0 Å². The van der Waals surface area contributed by atoms with Crippen molar-refractivity contribution >= 4 is 11.4 Å². The quantitative estimate of drug-likeness (QED) is 0.498. The molecule has 0 bridgehead atoms. The van der Waals surface area contributed by atoms with Crippen molar-refractivity contribution in [1.82, 2.24) is 4.98 Å². The molecule has 0 amide bonds. The summed E-state index contributed by atoms with van der Waals surface area (Å²) in [7, 11) is 0. The monoisotopic (exact) mass is 372 g/mol. The number of pyridine rings is 1. The van der Waals surface area contributed by atoms with Crippen molar-refractivity contribution in [3.63, 3.8) is 0 Å². The van der Waals surface area contributed by atoms with E-state index in [-0.39, 0.29) is 5.75 Å². The van der Waals surface area contributed by atoms with Gasteiger partial charge >= 0.3 is 0 Å². The van der Waals surface area contributed by atoms with Gasteiger partial charge in [0.1, 0.15) is 5.75 Å². The number of hydrogen-bond donors (Lipinski definition) is 1. The van der Waals surface area contributed by atoms with Gasteiger partial charge in [0, 0.05) is 23.0 Å². The Morgan fingerprint density at radius 3 is 2.07 bits per heavy atom. The number of aromatic nitrogens is 1. The first-order chi connectivity index (χ1) is 13.4. The maximum atomic E-state index is 10.9. The molecule has 0 saturated carbocycles. The molecule has 0 spiro atoms. The summed E-state index contributed by atoms with van der Waals surface area (Å²) in [6.07, 6.45) is 1.73. The minimum absolute atomic E-state index is 0.218. The minimum atomic E-state index is 0.218. The molecule has 0 aliphatic heterocycles. The first-order valence-electron chi connectivity index (χ1n) is 9.82. The number of hydrogen-bond acceptors (Lipinski definition) is 3. The number of aliphatic imine (C=N–C) groups is 1. The van der Waals surface area contributed by atoms with Crippen LogP contribution in [-0.4, -0.2) is 15.8 Å². The Labute approximate surface area is 167 Å². The third kappa shape index (κ3) is 3.99. The number of rotatable bonds is 5. The second-order valence-electron chi connectivity index (χ2n) is 7.71. The van der Waals surface area contributed by atoms with E-state index in [4.69, 9.17) is 4.99 Å². The predicted octanol–water partition coefficient (Wildman–Crippen LogP) is 6.84. The summed E-state index contributed by atoms with van der Waals surface area (Å²) < 4.78 is 0. The summed E-state index contributed by atoms with van der Waals surface area (Å²) in [6, 6.07) is 17.8. The topological polar surface area (TPSA) is 45.5 Å². The number of aromatic hydroxyl groups is 1. The third-order valence-electron chi connectivity index (χ3n) is 4.99. The van der Waals surface area contributed by atoms with E-state index in [1.165, 1.54) is 11.1 Å². The van der Waals surface area contributed by atoms with Gasteiger partial charge in [0.25, 0.3) is 0 Å². The van der Waals surface area contributed by atoms with Gasteiger partial charge < -0.3 is 5.11 Å². The van der Waals surface area contributed by atoms with Gasteiger partial charge in [0.2, 0.25) is 0 Å². The Balaban J connectivity index is 2.14. The summed E-state index contributed by atoms with van der Waals surface area (Å²) in [5.74, 6) is 0.966. The zero-order valence-electron chi connectivity index (χ0n) is 17.3. The maximum absolute atomic E-state index is 10.9. The van der Waals surface area contributed by atoms with Crippen LogP contribution in [0.3, 0.4) is 0 Å². The number of benzene rings is 2. The van der Waals surface area contributed by atoms with E-state index < -0.39 is 0 Å². The summed E-state index contributed by atoms with van der Waals surface area (Å²) >= 11 is 0. The largest absolute Gasteiger partial charge is 0.507 e. The van der Waals surface area contributed by atoms with Gasteiger partial charge in [0.15, 0.2) is 0 Å². The van der Waals surface area contributed by atoms with Crippen LogP contribution in [0.15, 0.2) is 65.8 Å². The molecule has 3 nitrogen and oxygen atoms in total. The van der Waals surface area contributed by atoms with Crippen LogP contribution >= 0.6 is 0 Å². The molecule has 0 aliphatic rings. The highest BCUT2D eigenvalue weighted by atomic mass is 16.3. The Bertz CT molecular complexity index is 962. The van der Waals surface area contributed by atoms with Gasteiger partial charge in [-0.15, -0.1) is 0 Å². The van der Waals surface area contributed by atoms with Gasteiger partial charge in [-0.2, -0.15) is 0 Å². The Kier molecular flexibility index (Phi) is 5.93. The van der Waals surface area contributed by atoms with Crippen LogP contribution in [-0.2, 0) is 0 Å². The van der Waals surface area contributed by atoms with Crippen LogP contribution in [0, 0.1) is 0 Å². The maximum Gasteiger partial charge on any atom is 0.134 e. The van der Waals surface area contributed by atoms with Crippen molar-refractivity contribution in [2.24, 2.45) is 4.99 Å². The standard InChI is InChI=1S/C25H28N2O/c1-16(2)19-10-8-11-20(17(3)4)24(19)27-18(5)21-12-9-13-22(25(21)28)23-14-6-7-15-26-23/h6-17,28H,1-5H3/b27-18+. The SMILES string of the molecule is C/C(=N\c1c(C(C)C)cccc1C(C)C)c1cccc(-c2ccccn2)c1O. The molecule has 1 heterocycles. The molecule has 0 radical (unpaired) electrons. The second-order valence-corrected chi connectivity index (χ2v) is 7.71. The summed E-state index contributed by atoms with van der Waals surface area (Å²) in [4.78, 5) is 9.37. The molecular formula is C25H28N2O. The highest BCUT2D eigenvalue weighted by molar-refractivity contribution is 6.04. The van der Waals surface area contributed by atoms with E-state index in [9.17, 15) is 5.11 Å². The fourth-order valence-electron chi connectivity index (χ4n) is 3.43. The molecule has 1 aromatic heterocycles. The van der Waals surface area contributed by atoms with Crippen molar-refractivity contribution in [3.05, 3.63) is 77.5 Å². The average molecular weight is 373 g/mol. The van der Waals surface area contributed by atoms with Crippen LogP contribution in [0.25, 0.3) is 11.3 Å². The van der Waals surface area contributed by atoms with E-state index in [1.807, 2.05) is 43.3 Å². The summed E-state index contributed by atoms with van der Waals surface area (Å²) in [5.41, 5.74) is 6.47. The molecule has 3 heteroatoms. The lowest BCUT2D eigenvalue weighted by Crippen LogP contribution is -2.00. The predicted molar refractivity (Wildman–Crippen MR) is 118 cm³/mol. The van der Waals surface area contributed by atoms with E-state index in [2.05, 4.69) is 50.9 Å². The zero-order valence-corrected chi connectivity index (χ0v) is 17.3. The van der Waals surface area contributed by atoms with E-state index in [1.54, 1.807) is 6.20 Å². The first-order valence-corrected chi connectivity index (χ1v) is 9.82. The minimum Gasteiger partial charge on any atom is -0.507 e. The zero-order chi connectivity index (χ0) is 20.3. The molecule has 1 N–H and O–H groups in total. The van der Waals surface area contributed by atoms with E-state index in [0.29, 0.717) is 17.4 Å². The van der Waals surface area contributed by atoms with Gasteiger partial charge in [-0.1, -0.05) is 58.0 Å². The van der Waals surface area contributed by atoms with Crippen LogP contribution in [0.1, 0.15) is 63.1 Å². The van der Waals surface area contributed by atoms with Gasteiger partial charge in [0.05, 0.1) is 11.4 Å². The number of phenolic OH excluding ortho intramolecular Hbond substituents is 1. The lowest BCUT2D eigenvalue weighted by molar-refractivity contribution is 0.476.